The number of amides is 1. The Kier molecular flexibility index (Phi) is 5.00. The zero-order valence-electron chi connectivity index (χ0n) is 14.2. The van der Waals surface area contributed by atoms with Crippen molar-refractivity contribution in [2.45, 2.75) is 6.92 Å². The highest BCUT2D eigenvalue weighted by Gasteiger charge is 2.05. The molecule has 2 aromatic carbocycles. The second kappa shape index (κ2) is 7.36. The first kappa shape index (κ1) is 17.0. The Bertz CT molecular complexity index is 947. The number of carbonyl (C=O) groups is 1. The van der Waals surface area contributed by atoms with E-state index in [9.17, 15) is 4.79 Å². The predicted octanol–water partition coefficient (Wildman–Crippen LogP) is 4.27. The number of anilines is 1. The fraction of sp³-hybridized carbons (Fsp3) is 0.158. The molecular formula is C19H18N2O3S. The fourth-order valence-corrected chi connectivity index (χ4v) is 3.30. The normalized spacial score (nSPS) is 11.0. The summed E-state index contributed by atoms with van der Waals surface area (Å²) in [5.41, 5.74) is 2.54. The van der Waals surface area contributed by atoms with Gasteiger partial charge in [-0.1, -0.05) is 6.07 Å². The molecule has 0 aliphatic heterocycles. The Hall–Kier alpha value is -2.86. The monoisotopic (exact) mass is 354 g/mol. The Morgan fingerprint density at radius 1 is 1.12 bits per heavy atom. The van der Waals surface area contributed by atoms with Crippen LogP contribution in [0.3, 0.4) is 0 Å². The average molecular weight is 354 g/mol. The van der Waals surface area contributed by atoms with Gasteiger partial charge < -0.3 is 14.8 Å². The Balaban J connectivity index is 1.71. The van der Waals surface area contributed by atoms with E-state index in [4.69, 9.17) is 9.47 Å². The molecule has 0 unspecified atom stereocenters. The number of carbonyl (C=O) groups excluding carboxylic acids is 1. The minimum absolute atomic E-state index is 0.199. The molecule has 0 fully saturated rings. The van der Waals surface area contributed by atoms with Crippen molar-refractivity contribution in [3.8, 4) is 11.5 Å². The van der Waals surface area contributed by atoms with Crippen molar-refractivity contribution in [3.63, 3.8) is 0 Å². The summed E-state index contributed by atoms with van der Waals surface area (Å²) in [7, 11) is 3.16. The number of fused-ring (bicyclic) bond motifs is 1. The highest BCUT2D eigenvalue weighted by molar-refractivity contribution is 7.18. The molecule has 0 bridgehead atoms. The molecule has 1 N–H and O–H groups in total. The van der Waals surface area contributed by atoms with E-state index in [2.05, 4.69) is 10.3 Å². The van der Waals surface area contributed by atoms with Crippen LogP contribution >= 0.6 is 11.3 Å². The second-order valence-electron chi connectivity index (χ2n) is 5.35. The van der Waals surface area contributed by atoms with Gasteiger partial charge >= 0.3 is 0 Å². The van der Waals surface area contributed by atoms with E-state index in [0.717, 1.165) is 26.5 Å². The van der Waals surface area contributed by atoms with Gasteiger partial charge in [0.2, 0.25) is 5.91 Å². The highest BCUT2D eigenvalue weighted by atomic mass is 32.1. The largest absolute Gasteiger partial charge is 0.493 e. The van der Waals surface area contributed by atoms with E-state index < -0.39 is 0 Å². The van der Waals surface area contributed by atoms with Crippen LogP contribution in [0.1, 0.15) is 10.6 Å². The fourth-order valence-electron chi connectivity index (χ4n) is 2.43. The van der Waals surface area contributed by atoms with Crippen LogP contribution < -0.4 is 14.8 Å². The van der Waals surface area contributed by atoms with Crippen LogP contribution in [-0.2, 0) is 4.79 Å². The minimum Gasteiger partial charge on any atom is -0.493 e. The number of hydrogen-bond acceptors (Lipinski definition) is 5. The maximum atomic E-state index is 12.1. The number of nitrogens with one attached hydrogen (secondary N) is 1. The van der Waals surface area contributed by atoms with Gasteiger partial charge in [0.1, 0.15) is 0 Å². The van der Waals surface area contributed by atoms with E-state index >= 15 is 0 Å². The second-order valence-corrected chi connectivity index (χ2v) is 6.59. The van der Waals surface area contributed by atoms with Gasteiger partial charge in [-0.2, -0.15) is 0 Å². The molecular weight excluding hydrogens is 336 g/mol. The first-order valence-electron chi connectivity index (χ1n) is 7.67. The maximum Gasteiger partial charge on any atom is 0.248 e. The number of rotatable bonds is 5. The van der Waals surface area contributed by atoms with Crippen LogP contribution in [0, 0.1) is 6.92 Å². The Labute approximate surface area is 149 Å². The number of benzene rings is 2. The zero-order valence-corrected chi connectivity index (χ0v) is 15.0. The van der Waals surface area contributed by atoms with Crippen molar-refractivity contribution >= 4 is 39.2 Å². The third kappa shape index (κ3) is 3.97. The molecule has 0 atom stereocenters. The van der Waals surface area contributed by atoms with Crippen molar-refractivity contribution in [2.24, 2.45) is 0 Å². The molecule has 0 aliphatic rings. The van der Waals surface area contributed by atoms with Gasteiger partial charge in [0.25, 0.3) is 0 Å². The van der Waals surface area contributed by atoms with Gasteiger partial charge in [0, 0.05) is 11.8 Å². The summed E-state index contributed by atoms with van der Waals surface area (Å²) in [6, 6.07) is 11.2. The molecule has 1 amide bonds. The zero-order chi connectivity index (χ0) is 17.8. The summed E-state index contributed by atoms with van der Waals surface area (Å²) in [5.74, 6) is 1.07. The quantitative estimate of drug-likeness (QED) is 0.695. The van der Waals surface area contributed by atoms with E-state index in [1.54, 1.807) is 37.7 Å². The lowest BCUT2D eigenvalue weighted by Gasteiger charge is -2.07. The van der Waals surface area contributed by atoms with Crippen molar-refractivity contribution in [1.82, 2.24) is 4.98 Å². The lowest BCUT2D eigenvalue weighted by Crippen LogP contribution is -2.07. The lowest BCUT2D eigenvalue weighted by atomic mass is 10.2. The van der Waals surface area contributed by atoms with Crippen molar-refractivity contribution < 1.29 is 14.3 Å². The van der Waals surface area contributed by atoms with E-state index in [1.165, 1.54) is 6.08 Å². The van der Waals surface area contributed by atoms with Crippen molar-refractivity contribution in [2.75, 3.05) is 19.5 Å². The number of nitrogens with zero attached hydrogens (tertiary/aromatic N) is 1. The van der Waals surface area contributed by atoms with Gasteiger partial charge in [0.05, 0.1) is 29.4 Å². The molecule has 5 nitrogen and oxygen atoms in total. The van der Waals surface area contributed by atoms with Gasteiger partial charge in [-0.05, 0) is 48.9 Å². The van der Waals surface area contributed by atoms with Crippen LogP contribution in [-0.4, -0.2) is 25.1 Å². The molecule has 0 aliphatic carbocycles. The third-order valence-corrected chi connectivity index (χ3v) is 4.53. The first-order valence-corrected chi connectivity index (χ1v) is 8.49. The minimum atomic E-state index is -0.199. The highest BCUT2D eigenvalue weighted by Crippen LogP contribution is 2.28. The maximum absolute atomic E-state index is 12.1. The predicted molar refractivity (Wildman–Crippen MR) is 102 cm³/mol. The standard InChI is InChI=1S/C19H18N2O3S/c1-12-20-15-7-6-14(11-18(15)25-12)21-19(22)9-5-13-4-8-16(23-2)17(10-13)24-3/h4-11H,1-3H3,(H,21,22)/b9-5+. The number of methoxy groups -OCH3 is 2. The molecule has 0 radical (unpaired) electrons. The van der Waals surface area contributed by atoms with Crippen LogP contribution in [0.4, 0.5) is 5.69 Å². The number of aromatic nitrogens is 1. The molecule has 1 aromatic heterocycles. The summed E-state index contributed by atoms with van der Waals surface area (Å²) in [6.45, 7) is 1.97. The topological polar surface area (TPSA) is 60.5 Å². The summed E-state index contributed by atoms with van der Waals surface area (Å²) in [5, 5.41) is 3.87. The molecule has 128 valence electrons. The average Bonchev–Trinajstić information content (AvgIpc) is 2.99. The molecule has 0 spiro atoms. The SMILES string of the molecule is COc1ccc(/C=C/C(=O)Nc2ccc3nc(C)sc3c2)cc1OC. The molecule has 3 aromatic rings. The number of aryl methyl sites for hydroxylation is 1. The van der Waals surface area contributed by atoms with Crippen LogP contribution in [0.25, 0.3) is 16.3 Å². The van der Waals surface area contributed by atoms with E-state index in [-0.39, 0.29) is 5.91 Å². The summed E-state index contributed by atoms with van der Waals surface area (Å²) < 4.78 is 11.5. The molecule has 6 heteroatoms. The van der Waals surface area contributed by atoms with Gasteiger partial charge in [-0.25, -0.2) is 4.98 Å². The molecule has 3 rings (SSSR count). The summed E-state index contributed by atoms with van der Waals surface area (Å²) in [4.78, 5) is 16.5. The smallest absolute Gasteiger partial charge is 0.248 e. The van der Waals surface area contributed by atoms with Gasteiger partial charge in [-0.15, -0.1) is 11.3 Å². The summed E-state index contributed by atoms with van der Waals surface area (Å²) in [6.07, 6.45) is 3.22. The number of ether oxygens (including phenoxy) is 2. The van der Waals surface area contributed by atoms with E-state index in [1.807, 2.05) is 37.3 Å². The number of thiazole rings is 1. The Morgan fingerprint density at radius 2 is 1.92 bits per heavy atom. The molecule has 0 saturated carbocycles. The van der Waals surface area contributed by atoms with Crippen LogP contribution in [0.15, 0.2) is 42.5 Å². The summed E-state index contributed by atoms with van der Waals surface area (Å²) >= 11 is 1.60. The Morgan fingerprint density at radius 3 is 2.68 bits per heavy atom. The molecule has 0 saturated heterocycles. The lowest BCUT2D eigenvalue weighted by molar-refractivity contribution is -0.111. The van der Waals surface area contributed by atoms with Crippen molar-refractivity contribution in [3.05, 3.63) is 53.0 Å². The number of hydrogen-bond donors (Lipinski definition) is 1. The van der Waals surface area contributed by atoms with Gasteiger partial charge in [-0.3, -0.25) is 4.79 Å². The first-order chi connectivity index (χ1) is 12.1. The van der Waals surface area contributed by atoms with Crippen LogP contribution in [0.2, 0.25) is 0 Å². The van der Waals surface area contributed by atoms with Gasteiger partial charge in [0.15, 0.2) is 11.5 Å². The molecule has 25 heavy (non-hydrogen) atoms. The third-order valence-electron chi connectivity index (χ3n) is 3.60. The van der Waals surface area contributed by atoms with Crippen molar-refractivity contribution in [1.29, 1.82) is 0 Å². The molecule has 1 heterocycles. The van der Waals surface area contributed by atoms with Crippen LogP contribution in [0.5, 0.6) is 11.5 Å². The van der Waals surface area contributed by atoms with E-state index in [0.29, 0.717) is 11.5 Å².